The molecule has 0 aromatic carbocycles. The molecule has 1 atom stereocenters. The molecule has 0 aromatic heterocycles. The van der Waals surface area contributed by atoms with E-state index in [1.165, 1.54) is 0 Å². The van der Waals surface area contributed by atoms with Crippen LogP contribution < -0.4 is 0 Å². The number of alkyl halides is 1. The van der Waals surface area contributed by atoms with Crippen molar-refractivity contribution in [1.82, 2.24) is 4.90 Å². The van der Waals surface area contributed by atoms with Gasteiger partial charge in [0, 0.05) is 20.2 Å². The molecule has 0 amide bonds. The molecule has 1 heterocycles. The molecular formula is C8H20FNO. The Labute approximate surface area is 69.0 Å². The highest BCUT2D eigenvalue weighted by atomic mass is 19.1. The second kappa shape index (κ2) is 9.85. The zero-order chi connectivity index (χ0) is 9.28. The summed E-state index contributed by atoms with van der Waals surface area (Å²) in [5, 5.41) is 7.00. The molecule has 0 saturated carbocycles. The summed E-state index contributed by atoms with van der Waals surface area (Å²) in [6.07, 6.45) is 0.182. The molecule has 1 N–H and O–H groups in total. The highest BCUT2D eigenvalue weighted by molar-refractivity contribution is 4.70. The Hall–Kier alpha value is -0.150. The van der Waals surface area contributed by atoms with Crippen molar-refractivity contribution in [3.8, 4) is 0 Å². The molecule has 2 nitrogen and oxygen atoms in total. The monoisotopic (exact) mass is 165 g/mol. The lowest BCUT2D eigenvalue weighted by Crippen LogP contribution is -2.13. The highest BCUT2D eigenvalue weighted by Crippen LogP contribution is 2.08. The molecule has 11 heavy (non-hydrogen) atoms. The van der Waals surface area contributed by atoms with Crippen molar-refractivity contribution in [3.63, 3.8) is 0 Å². The molecule has 1 unspecified atom stereocenters. The predicted molar refractivity (Wildman–Crippen MR) is 46.5 cm³/mol. The van der Waals surface area contributed by atoms with Gasteiger partial charge in [-0.1, -0.05) is 13.8 Å². The fourth-order valence-electron chi connectivity index (χ4n) is 0.881. The molecule has 1 aliphatic rings. The van der Waals surface area contributed by atoms with Gasteiger partial charge in [0.1, 0.15) is 6.17 Å². The van der Waals surface area contributed by atoms with E-state index in [-0.39, 0.29) is 0 Å². The number of halogens is 1. The summed E-state index contributed by atoms with van der Waals surface area (Å²) in [6, 6.07) is 0. The van der Waals surface area contributed by atoms with Crippen LogP contribution in [0.25, 0.3) is 0 Å². The second-order valence-corrected chi connectivity index (χ2v) is 2.15. The molecule has 0 radical (unpaired) electrons. The standard InChI is InChI=1S/C5H10FN.C2H6.CH4O/c1-7-3-2-5(6)4-7;2*1-2/h5H,2-4H2,1H3;1-2H3;2H,1H3. The van der Waals surface area contributed by atoms with Crippen molar-refractivity contribution in [2.45, 2.75) is 26.4 Å². The van der Waals surface area contributed by atoms with Crippen molar-refractivity contribution in [2.75, 3.05) is 27.2 Å². The number of likely N-dealkylation sites (tertiary alicyclic amines) is 1. The number of hydrogen-bond donors (Lipinski definition) is 1. The number of rotatable bonds is 0. The zero-order valence-corrected chi connectivity index (χ0v) is 7.97. The fraction of sp³-hybridized carbons (Fsp3) is 1.00. The minimum atomic E-state index is -0.551. The molecule has 1 aliphatic heterocycles. The van der Waals surface area contributed by atoms with Crippen LogP contribution in [0, 0.1) is 0 Å². The molecule has 0 aliphatic carbocycles. The van der Waals surface area contributed by atoms with Crippen LogP contribution in [0.15, 0.2) is 0 Å². The molecule has 3 heteroatoms. The number of nitrogens with zero attached hydrogens (tertiary/aromatic N) is 1. The number of hydrogen-bond acceptors (Lipinski definition) is 2. The SMILES string of the molecule is CC.CN1CCC(F)C1.CO. The first-order valence-electron chi connectivity index (χ1n) is 4.06. The second-order valence-electron chi connectivity index (χ2n) is 2.15. The van der Waals surface area contributed by atoms with Gasteiger partial charge >= 0.3 is 0 Å². The highest BCUT2D eigenvalue weighted by Gasteiger charge is 2.17. The fourth-order valence-corrected chi connectivity index (χ4v) is 0.881. The van der Waals surface area contributed by atoms with Crippen LogP contribution in [0.1, 0.15) is 20.3 Å². The maximum Gasteiger partial charge on any atom is 0.114 e. The van der Waals surface area contributed by atoms with Crippen LogP contribution in [0.4, 0.5) is 4.39 Å². The van der Waals surface area contributed by atoms with Gasteiger partial charge in [-0.25, -0.2) is 4.39 Å². The van der Waals surface area contributed by atoms with E-state index in [0.717, 1.165) is 20.1 Å². The van der Waals surface area contributed by atoms with E-state index in [9.17, 15) is 4.39 Å². The Morgan fingerprint density at radius 3 is 1.91 bits per heavy atom. The summed E-state index contributed by atoms with van der Waals surface area (Å²) in [5.74, 6) is 0. The topological polar surface area (TPSA) is 23.5 Å². The van der Waals surface area contributed by atoms with Crippen LogP contribution in [-0.2, 0) is 0 Å². The minimum absolute atomic E-state index is 0.551. The van der Waals surface area contributed by atoms with Gasteiger partial charge in [0.05, 0.1) is 0 Å². The lowest BCUT2D eigenvalue weighted by molar-refractivity contribution is 0.321. The first-order chi connectivity index (χ1) is 5.29. The van der Waals surface area contributed by atoms with E-state index in [1.54, 1.807) is 0 Å². The van der Waals surface area contributed by atoms with Gasteiger partial charge in [0.2, 0.25) is 0 Å². The molecule has 1 saturated heterocycles. The third kappa shape index (κ3) is 7.75. The molecule has 0 bridgehead atoms. The molecule has 0 aromatic rings. The zero-order valence-electron chi connectivity index (χ0n) is 7.97. The van der Waals surface area contributed by atoms with Crippen LogP contribution in [-0.4, -0.2) is 43.4 Å². The smallest absolute Gasteiger partial charge is 0.114 e. The van der Waals surface area contributed by atoms with Crippen LogP contribution >= 0.6 is 0 Å². The van der Waals surface area contributed by atoms with Crippen LogP contribution in [0.2, 0.25) is 0 Å². The maximum absolute atomic E-state index is 12.1. The lowest BCUT2D eigenvalue weighted by Gasteiger charge is -2.01. The quantitative estimate of drug-likeness (QED) is 0.584. The van der Waals surface area contributed by atoms with E-state index < -0.39 is 6.17 Å². The Kier molecular flexibility index (Phi) is 12.0. The average molecular weight is 165 g/mol. The largest absolute Gasteiger partial charge is 0.400 e. The first-order valence-corrected chi connectivity index (χ1v) is 4.06. The van der Waals surface area contributed by atoms with Gasteiger partial charge in [-0.2, -0.15) is 0 Å². The summed E-state index contributed by atoms with van der Waals surface area (Å²) in [7, 11) is 2.94. The van der Waals surface area contributed by atoms with E-state index in [1.807, 2.05) is 25.8 Å². The molecule has 1 fully saturated rings. The minimum Gasteiger partial charge on any atom is -0.400 e. The van der Waals surface area contributed by atoms with E-state index in [0.29, 0.717) is 6.54 Å². The van der Waals surface area contributed by atoms with Gasteiger partial charge in [-0.15, -0.1) is 0 Å². The van der Waals surface area contributed by atoms with Gasteiger partial charge in [-0.3, -0.25) is 0 Å². The van der Waals surface area contributed by atoms with Crippen molar-refractivity contribution >= 4 is 0 Å². The van der Waals surface area contributed by atoms with Crippen molar-refractivity contribution < 1.29 is 9.50 Å². The lowest BCUT2D eigenvalue weighted by atomic mass is 10.4. The van der Waals surface area contributed by atoms with Gasteiger partial charge in [-0.05, 0) is 13.5 Å². The Bertz CT molecular complexity index is 63.1. The molecule has 70 valence electrons. The van der Waals surface area contributed by atoms with Crippen molar-refractivity contribution in [1.29, 1.82) is 0 Å². The molecule has 1 rings (SSSR count). The Morgan fingerprint density at radius 1 is 1.36 bits per heavy atom. The summed E-state index contributed by atoms with van der Waals surface area (Å²) >= 11 is 0. The predicted octanol–water partition coefficient (Wildman–Crippen LogP) is 1.29. The summed E-state index contributed by atoms with van der Waals surface area (Å²) < 4.78 is 12.1. The first kappa shape index (κ1) is 13.4. The summed E-state index contributed by atoms with van der Waals surface area (Å²) in [4.78, 5) is 2.00. The Balaban J connectivity index is 0. The third-order valence-electron chi connectivity index (χ3n) is 1.33. The normalized spacial score (nSPS) is 22.9. The molecular weight excluding hydrogens is 145 g/mol. The van der Waals surface area contributed by atoms with Gasteiger partial charge in [0.15, 0.2) is 0 Å². The van der Waals surface area contributed by atoms with E-state index >= 15 is 0 Å². The summed E-state index contributed by atoms with van der Waals surface area (Å²) in [5.41, 5.74) is 0. The van der Waals surface area contributed by atoms with Crippen LogP contribution in [0.5, 0.6) is 0 Å². The average Bonchev–Trinajstić information content (AvgIpc) is 2.43. The summed E-state index contributed by atoms with van der Waals surface area (Å²) in [6.45, 7) is 5.57. The number of aliphatic hydroxyl groups excluding tert-OH is 1. The Morgan fingerprint density at radius 2 is 1.82 bits per heavy atom. The van der Waals surface area contributed by atoms with Gasteiger partial charge < -0.3 is 10.0 Å². The maximum atomic E-state index is 12.1. The number of aliphatic hydroxyl groups is 1. The van der Waals surface area contributed by atoms with Crippen molar-refractivity contribution in [2.24, 2.45) is 0 Å². The van der Waals surface area contributed by atoms with Crippen LogP contribution in [0.3, 0.4) is 0 Å². The van der Waals surface area contributed by atoms with Crippen molar-refractivity contribution in [3.05, 3.63) is 0 Å². The van der Waals surface area contributed by atoms with E-state index in [2.05, 4.69) is 0 Å². The van der Waals surface area contributed by atoms with E-state index in [4.69, 9.17) is 5.11 Å². The third-order valence-corrected chi connectivity index (χ3v) is 1.33. The van der Waals surface area contributed by atoms with Gasteiger partial charge in [0.25, 0.3) is 0 Å². The molecule has 0 spiro atoms.